The molecule has 0 bridgehead atoms. The Bertz CT molecular complexity index is 1420. The maximum absolute atomic E-state index is 14.0. The van der Waals surface area contributed by atoms with Crippen molar-refractivity contribution in [2.24, 2.45) is 0 Å². The molecule has 0 unspecified atom stereocenters. The number of anilines is 1. The van der Waals surface area contributed by atoms with Gasteiger partial charge in [0.15, 0.2) is 0 Å². The summed E-state index contributed by atoms with van der Waals surface area (Å²) in [6.07, 6.45) is 0.733. The largest absolute Gasteiger partial charge is 0.352 e. The van der Waals surface area contributed by atoms with Crippen molar-refractivity contribution in [1.29, 1.82) is 0 Å². The monoisotopic (exact) mass is 633 g/mol. The fraction of sp³-hybridized carbons (Fsp3) is 0.310. The van der Waals surface area contributed by atoms with Crippen LogP contribution in [0.25, 0.3) is 0 Å². The van der Waals surface area contributed by atoms with Crippen molar-refractivity contribution in [2.75, 3.05) is 10.8 Å². The van der Waals surface area contributed by atoms with Gasteiger partial charge in [-0.1, -0.05) is 64.8 Å². The van der Waals surface area contributed by atoms with Gasteiger partial charge in [-0.3, -0.25) is 13.9 Å². The molecular weight excluding hydrogens is 602 g/mol. The van der Waals surface area contributed by atoms with Crippen molar-refractivity contribution >= 4 is 55.1 Å². The van der Waals surface area contributed by atoms with Crippen molar-refractivity contribution < 1.29 is 18.0 Å². The zero-order valence-corrected chi connectivity index (χ0v) is 25.6. The van der Waals surface area contributed by atoms with Gasteiger partial charge in [0.05, 0.1) is 10.6 Å². The van der Waals surface area contributed by atoms with Gasteiger partial charge in [0.25, 0.3) is 10.0 Å². The first-order chi connectivity index (χ1) is 18.4. The van der Waals surface area contributed by atoms with E-state index < -0.39 is 28.5 Å². The van der Waals surface area contributed by atoms with E-state index in [0.29, 0.717) is 16.3 Å². The van der Waals surface area contributed by atoms with Gasteiger partial charge in [-0.15, -0.1) is 0 Å². The van der Waals surface area contributed by atoms with Crippen molar-refractivity contribution in [1.82, 2.24) is 10.2 Å². The number of sulfonamides is 1. The van der Waals surface area contributed by atoms with E-state index in [1.54, 1.807) is 50.2 Å². The number of hydrogen-bond donors (Lipinski definition) is 1. The lowest BCUT2D eigenvalue weighted by Gasteiger charge is -2.33. The maximum atomic E-state index is 14.0. The average molecular weight is 635 g/mol. The van der Waals surface area contributed by atoms with Crippen molar-refractivity contribution in [3.8, 4) is 0 Å². The number of carbonyl (C=O) groups excluding carboxylic acids is 2. The molecule has 2 atom stereocenters. The topological polar surface area (TPSA) is 86.8 Å². The normalized spacial score (nSPS) is 12.9. The molecule has 39 heavy (non-hydrogen) atoms. The molecule has 10 heteroatoms. The number of aryl methyl sites for hydroxylation is 1. The summed E-state index contributed by atoms with van der Waals surface area (Å²) in [6.45, 7) is 6.85. The molecule has 0 saturated heterocycles. The number of halogens is 2. The lowest BCUT2D eigenvalue weighted by atomic mass is 10.1. The highest BCUT2D eigenvalue weighted by Gasteiger charge is 2.33. The van der Waals surface area contributed by atoms with E-state index in [1.807, 2.05) is 38.1 Å². The van der Waals surface area contributed by atoms with E-state index in [0.717, 1.165) is 20.8 Å². The average Bonchev–Trinajstić information content (AvgIpc) is 2.90. The van der Waals surface area contributed by atoms with Crippen LogP contribution in [-0.4, -0.2) is 43.8 Å². The number of hydrogen-bond acceptors (Lipinski definition) is 4. The Morgan fingerprint density at radius 1 is 1.00 bits per heavy atom. The summed E-state index contributed by atoms with van der Waals surface area (Å²) >= 11 is 9.60. The van der Waals surface area contributed by atoms with E-state index in [2.05, 4.69) is 21.2 Å². The number of nitrogens with zero attached hydrogens (tertiary/aromatic N) is 2. The molecule has 0 heterocycles. The molecule has 3 aromatic rings. The lowest BCUT2D eigenvalue weighted by Crippen LogP contribution is -2.52. The van der Waals surface area contributed by atoms with Crippen molar-refractivity contribution in [3.05, 3.63) is 93.4 Å². The van der Waals surface area contributed by atoms with Crippen LogP contribution in [0.2, 0.25) is 5.02 Å². The molecule has 1 N–H and O–H groups in total. The second-order valence-corrected chi connectivity index (χ2v) is 12.6. The van der Waals surface area contributed by atoms with Crippen molar-refractivity contribution in [3.63, 3.8) is 0 Å². The Morgan fingerprint density at radius 3 is 2.31 bits per heavy atom. The minimum absolute atomic E-state index is 0.0493. The van der Waals surface area contributed by atoms with Crippen LogP contribution < -0.4 is 9.62 Å². The third-order valence-corrected chi connectivity index (χ3v) is 8.95. The van der Waals surface area contributed by atoms with Gasteiger partial charge >= 0.3 is 0 Å². The highest BCUT2D eigenvalue weighted by molar-refractivity contribution is 9.10. The van der Waals surface area contributed by atoms with Gasteiger partial charge in [-0.2, -0.15) is 0 Å². The van der Waals surface area contributed by atoms with Crippen LogP contribution in [-0.2, 0) is 26.2 Å². The number of nitrogens with one attached hydrogen (secondary N) is 1. The predicted octanol–water partition coefficient (Wildman–Crippen LogP) is 5.94. The molecule has 0 aliphatic heterocycles. The van der Waals surface area contributed by atoms with Gasteiger partial charge in [0, 0.05) is 22.1 Å². The highest BCUT2D eigenvalue weighted by Crippen LogP contribution is 2.29. The summed E-state index contributed by atoms with van der Waals surface area (Å²) < 4.78 is 29.6. The molecule has 0 fully saturated rings. The van der Waals surface area contributed by atoms with E-state index in [1.165, 1.54) is 17.0 Å². The molecular formula is C29H33BrClN3O4S. The van der Waals surface area contributed by atoms with Gasteiger partial charge < -0.3 is 10.2 Å². The Balaban J connectivity index is 2.05. The van der Waals surface area contributed by atoms with Gasteiger partial charge in [-0.05, 0) is 80.8 Å². The Kier molecular flexibility index (Phi) is 10.6. The zero-order chi connectivity index (χ0) is 28.7. The number of amides is 2. The number of rotatable bonds is 11. The first-order valence-electron chi connectivity index (χ1n) is 12.6. The van der Waals surface area contributed by atoms with Crippen LogP contribution in [0.5, 0.6) is 0 Å². The molecule has 2 amide bonds. The summed E-state index contributed by atoms with van der Waals surface area (Å²) in [7, 11) is -4.13. The lowest BCUT2D eigenvalue weighted by molar-refractivity contribution is -0.139. The first kappa shape index (κ1) is 30.7. The van der Waals surface area contributed by atoms with Crippen molar-refractivity contribution in [2.45, 2.75) is 57.6 Å². The molecule has 0 spiro atoms. The Morgan fingerprint density at radius 2 is 1.69 bits per heavy atom. The Hall–Kier alpha value is -2.88. The third-order valence-electron chi connectivity index (χ3n) is 6.45. The van der Waals surface area contributed by atoms with Crippen LogP contribution in [0.1, 0.15) is 38.3 Å². The predicted molar refractivity (Wildman–Crippen MR) is 159 cm³/mol. The molecule has 0 aliphatic carbocycles. The number of benzene rings is 3. The molecule has 7 nitrogen and oxygen atoms in total. The first-order valence-corrected chi connectivity index (χ1v) is 15.2. The van der Waals surface area contributed by atoms with Crippen LogP contribution in [0.3, 0.4) is 0 Å². The fourth-order valence-electron chi connectivity index (χ4n) is 4.01. The standard InChI is InChI=1S/C29H33BrClN3O4S/c1-5-21(3)32-29(36)22(4)33(18-23-10-9-11-24(30)17-23)28(35)19-34(27-15-14-25(31)16-20(27)2)39(37,38)26-12-7-6-8-13-26/h6-17,21-22H,5,18-19H2,1-4H3,(H,32,36)/t21-,22+/m1/s1. The van der Waals surface area contributed by atoms with Gasteiger partial charge in [0.1, 0.15) is 12.6 Å². The zero-order valence-electron chi connectivity index (χ0n) is 22.4. The molecule has 0 aromatic heterocycles. The summed E-state index contributed by atoms with van der Waals surface area (Å²) in [6, 6.07) is 19.3. The molecule has 0 saturated carbocycles. The summed E-state index contributed by atoms with van der Waals surface area (Å²) in [5.41, 5.74) is 1.72. The highest BCUT2D eigenvalue weighted by atomic mass is 79.9. The van der Waals surface area contributed by atoms with Gasteiger partial charge in [0.2, 0.25) is 11.8 Å². The molecule has 0 aliphatic rings. The SMILES string of the molecule is CC[C@@H](C)NC(=O)[C@H](C)N(Cc1cccc(Br)c1)C(=O)CN(c1ccc(Cl)cc1C)S(=O)(=O)c1ccccc1. The van der Waals surface area contributed by atoms with Crippen LogP contribution in [0.15, 0.2) is 82.2 Å². The molecule has 208 valence electrons. The van der Waals surface area contributed by atoms with E-state index in [9.17, 15) is 18.0 Å². The minimum atomic E-state index is -4.13. The number of carbonyl (C=O) groups is 2. The molecule has 0 radical (unpaired) electrons. The molecule has 3 rings (SSSR count). The second kappa shape index (κ2) is 13.5. The van der Waals surface area contributed by atoms with Gasteiger partial charge in [-0.25, -0.2) is 8.42 Å². The summed E-state index contributed by atoms with van der Waals surface area (Å²) in [4.78, 5) is 28.6. The second-order valence-electron chi connectivity index (χ2n) is 9.40. The van der Waals surface area contributed by atoms with E-state index >= 15 is 0 Å². The molecule has 3 aromatic carbocycles. The minimum Gasteiger partial charge on any atom is -0.352 e. The fourth-order valence-corrected chi connectivity index (χ4v) is 6.18. The summed E-state index contributed by atoms with van der Waals surface area (Å²) in [5, 5.41) is 3.38. The third kappa shape index (κ3) is 7.84. The Labute approximate surface area is 244 Å². The summed E-state index contributed by atoms with van der Waals surface area (Å²) in [5.74, 6) is -0.830. The smallest absolute Gasteiger partial charge is 0.264 e. The van der Waals surface area contributed by atoms with Crippen LogP contribution in [0, 0.1) is 6.92 Å². The van der Waals surface area contributed by atoms with Crippen LogP contribution in [0.4, 0.5) is 5.69 Å². The van der Waals surface area contributed by atoms with Crippen LogP contribution >= 0.6 is 27.5 Å². The van der Waals surface area contributed by atoms with E-state index in [-0.39, 0.29) is 23.4 Å². The quantitative estimate of drug-likeness (QED) is 0.283. The van der Waals surface area contributed by atoms with E-state index in [4.69, 9.17) is 11.6 Å². The maximum Gasteiger partial charge on any atom is 0.264 e.